The first kappa shape index (κ1) is 9.04. The molecule has 0 amide bonds. The van der Waals surface area contributed by atoms with Crippen LogP contribution in [-0.4, -0.2) is 12.1 Å². The van der Waals surface area contributed by atoms with E-state index in [0.717, 1.165) is 30.0 Å². The lowest BCUT2D eigenvalue weighted by Gasteiger charge is -2.06. The van der Waals surface area contributed by atoms with Crippen molar-refractivity contribution in [2.24, 2.45) is 0 Å². The number of hydrogen-bond donors (Lipinski definition) is 0. The third-order valence-electron chi connectivity index (χ3n) is 1.78. The number of aromatic nitrogens is 1. The SMILES string of the molecule is CCCc1nc(C)ccc1OC. The van der Waals surface area contributed by atoms with Crippen LogP contribution < -0.4 is 4.74 Å². The lowest BCUT2D eigenvalue weighted by atomic mass is 10.2. The second-order valence-electron chi connectivity index (χ2n) is 2.85. The molecular formula is C10H15NO. The first-order valence-electron chi connectivity index (χ1n) is 4.28. The zero-order valence-electron chi connectivity index (χ0n) is 7.92. The average Bonchev–Trinajstić information content (AvgIpc) is 2.05. The van der Waals surface area contributed by atoms with Gasteiger partial charge in [0.1, 0.15) is 5.75 Å². The van der Waals surface area contributed by atoms with Crippen LogP contribution in [0.15, 0.2) is 12.1 Å². The Kier molecular flexibility index (Phi) is 3.09. The predicted molar refractivity (Wildman–Crippen MR) is 49.5 cm³/mol. The van der Waals surface area contributed by atoms with Gasteiger partial charge in [0.05, 0.1) is 12.8 Å². The van der Waals surface area contributed by atoms with Crippen molar-refractivity contribution >= 4 is 0 Å². The highest BCUT2D eigenvalue weighted by Gasteiger charge is 2.02. The zero-order valence-corrected chi connectivity index (χ0v) is 7.92. The first-order valence-corrected chi connectivity index (χ1v) is 4.28. The van der Waals surface area contributed by atoms with E-state index in [1.807, 2.05) is 19.1 Å². The van der Waals surface area contributed by atoms with Crippen LogP contribution in [0.2, 0.25) is 0 Å². The van der Waals surface area contributed by atoms with Crippen LogP contribution in [0.4, 0.5) is 0 Å². The molecule has 1 aromatic rings. The maximum absolute atomic E-state index is 5.19. The van der Waals surface area contributed by atoms with Gasteiger partial charge in [-0.25, -0.2) is 0 Å². The predicted octanol–water partition coefficient (Wildman–Crippen LogP) is 2.35. The summed E-state index contributed by atoms with van der Waals surface area (Å²) in [6.45, 7) is 4.14. The maximum Gasteiger partial charge on any atom is 0.140 e. The van der Waals surface area contributed by atoms with E-state index >= 15 is 0 Å². The molecule has 12 heavy (non-hydrogen) atoms. The molecular weight excluding hydrogens is 150 g/mol. The summed E-state index contributed by atoms with van der Waals surface area (Å²) in [5.41, 5.74) is 2.12. The fourth-order valence-electron chi connectivity index (χ4n) is 1.20. The van der Waals surface area contributed by atoms with E-state index < -0.39 is 0 Å². The maximum atomic E-state index is 5.19. The van der Waals surface area contributed by atoms with Gasteiger partial charge in [0.2, 0.25) is 0 Å². The highest BCUT2D eigenvalue weighted by atomic mass is 16.5. The normalized spacial score (nSPS) is 9.92. The number of pyridine rings is 1. The summed E-state index contributed by atoms with van der Waals surface area (Å²) in [5, 5.41) is 0. The van der Waals surface area contributed by atoms with Crippen LogP contribution in [0.5, 0.6) is 5.75 Å². The summed E-state index contributed by atoms with van der Waals surface area (Å²) in [5.74, 6) is 0.905. The van der Waals surface area contributed by atoms with Crippen molar-refractivity contribution in [2.45, 2.75) is 26.7 Å². The molecule has 0 atom stereocenters. The van der Waals surface area contributed by atoms with Crippen molar-refractivity contribution < 1.29 is 4.74 Å². The van der Waals surface area contributed by atoms with Crippen molar-refractivity contribution in [3.63, 3.8) is 0 Å². The number of methoxy groups -OCH3 is 1. The van der Waals surface area contributed by atoms with E-state index in [1.54, 1.807) is 7.11 Å². The monoisotopic (exact) mass is 165 g/mol. The molecule has 1 aromatic heterocycles. The molecule has 0 aliphatic rings. The Hall–Kier alpha value is -1.05. The van der Waals surface area contributed by atoms with Gasteiger partial charge in [-0.3, -0.25) is 4.98 Å². The standard InChI is InChI=1S/C10H15NO/c1-4-5-9-10(12-3)7-6-8(2)11-9/h6-7H,4-5H2,1-3H3. The van der Waals surface area contributed by atoms with Gasteiger partial charge >= 0.3 is 0 Å². The van der Waals surface area contributed by atoms with Crippen molar-refractivity contribution in [1.29, 1.82) is 0 Å². The molecule has 1 rings (SSSR count). The van der Waals surface area contributed by atoms with Gasteiger partial charge in [-0.15, -0.1) is 0 Å². The third-order valence-corrected chi connectivity index (χ3v) is 1.78. The molecule has 0 saturated heterocycles. The fraction of sp³-hybridized carbons (Fsp3) is 0.500. The molecule has 0 fully saturated rings. The van der Waals surface area contributed by atoms with Crippen LogP contribution >= 0.6 is 0 Å². The molecule has 0 aromatic carbocycles. The Labute approximate surface area is 73.6 Å². The molecule has 0 aliphatic heterocycles. The zero-order chi connectivity index (χ0) is 8.97. The van der Waals surface area contributed by atoms with E-state index in [0.29, 0.717) is 0 Å². The van der Waals surface area contributed by atoms with Crippen LogP contribution in [0.1, 0.15) is 24.7 Å². The number of rotatable bonds is 3. The Bertz CT molecular complexity index is 258. The van der Waals surface area contributed by atoms with Gasteiger partial charge in [0.15, 0.2) is 0 Å². The summed E-state index contributed by atoms with van der Waals surface area (Å²) >= 11 is 0. The van der Waals surface area contributed by atoms with Crippen molar-refractivity contribution in [3.05, 3.63) is 23.5 Å². The largest absolute Gasteiger partial charge is 0.495 e. The minimum absolute atomic E-state index is 0.905. The molecule has 1 heterocycles. The number of aryl methyl sites for hydroxylation is 2. The number of nitrogens with zero attached hydrogens (tertiary/aromatic N) is 1. The molecule has 0 N–H and O–H groups in total. The van der Waals surface area contributed by atoms with E-state index in [9.17, 15) is 0 Å². The van der Waals surface area contributed by atoms with Gasteiger partial charge < -0.3 is 4.74 Å². The minimum atomic E-state index is 0.905. The van der Waals surface area contributed by atoms with Crippen LogP contribution in [0.25, 0.3) is 0 Å². The second-order valence-corrected chi connectivity index (χ2v) is 2.85. The number of ether oxygens (including phenoxy) is 1. The summed E-state index contributed by atoms with van der Waals surface area (Å²) in [6.07, 6.45) is 2.09. The molecule has 0 saturated carbocycles. The molecule has 0 aliphatic carbocycles. The van der Waals surface area contributed by atoms with Gasteiger partial charge in [0, 0.05) is 5.69 Å². The molecule has 2 nitrogen and oxygen atoms in total. The second kappa shape index (κ2) is 4.10. The summed E-state index contributed by atoms with van der Waals surface area (Å²) in [4.78, 5) is 4.41. The minimum Gasteiger partial charge on any atom is -0.495 e. The number of hydrogen-bond acceptors (Lipinski definition) is 2. The van der Waals surface area contributed by atoms with E-state index in [-0.39, 0.29) is 0 Å². The van der Waals surface area contributed by atoms with Crippen molar-refractivity contribution in [2.75, 3.05) is 7.11 Å². The molecule has 0 unspecified atom stereocenters. The summed E-state index contributed by atoms with van der Waals surface area (Å²) in [7, 11) is 1.69. The van der Waals surface area contributed by atoms with Crippen LogP contribution in [0, 0.1) is 6.92 Å². The topological polar surface area (TPSA) is 22.1 Å². The third kappa shape index (κ3) is 1.97. The molecule has 2 heteroatoms. The molecule has 0 bridgehead atoms. The Balaban J connectivity index is 2.95. The first-order chi connectivity index (χ1) is 5.77. The summed E-state index contributed by atoms with van der Waals surface area (Å²) < 4.78 is 5.19. The molecule has 0 spiro atoms. The molecule has 66 valence electrons. The lowest BCUT2D eigenvalue weighted by molar-refractivity contribution is 0.406. The van der Waals surface area contributed by atoms with E-state index in [4.69, 9.17) is 4.74 Å². The highest BCUT2D eigenvalue weighted by molar-refractivity contribution is 5.29. The van der Waals surface area contributed by atoms with Crippen molar-refractivity contribution in [1.82, 2.24) is 4.98 Å². The fourth-order valence-corrected chi connectivity index (χ4v) is 1.20. The Morgan fingerprint density at radius 3 is 2.75 bits per heavy atom. The Morgan fingerprint density at radius 2 is 2.17 bits per heavy atom. The Morgan fingerprint density at radius 1 is 1.42 bits per heavy atom. The smallest absolute Gasteiger partial charge is 0.140 e. The van der Waals surface area contributed by atoms with E-state index in [1.165, 1.54) is 0 Å². The van der Waals surface area contributed by atoms with Gasteiger partial charge in [-0.05, 0) is 25.5 Å². The van der Waals surface area contributed by atoms with Gasteiger partial charge in [0.25, 0.3) is 0 Å². The summed E-state index contributed by atoms with van der Waals surface area (Å²) in [6, 6.07) is 3.95. The van der Waals surface area contributed by atoms with Gasteiger partial charge in [-0.1, -0.05) is 13.3 Å². The van der Waals surface area contributed by atoms with Crippen molar-refractivity contribution in [3.8, 4) is 5.75 Å². The lowest BCUT2D eigenvalue weighted by Crippen LogP contribution is -1.96. The van der Waals surface area contributed by atoms with E-state index in [2.05, 4.69) is 11.9 Å². The van der Waals surface area contributed by atoms with Crippen LogP contribution in [-0.2, 0) is 6.42 Å². The highest BCUT2D eigenvalue weighted by Crippen LogP contribution is 2.17. The quantitative estimate of drug-likeness (QED) is 0.686. The van der Waals surface area contributed by atoms with Crippen LogP contribution in [0.3, 0.4) is 0 Å². The van der Waals surface area contributed by atoms with Gasteiger partial charge in [-0.2, -0.15) is 0 Å². The molecule has 0 radical (unpaired) electrons. The average molecular weight is 165 g/mol.